The summed E-state index contributed by atoms with van der Waals surface area (Å²) in [5, 5.41) is 8.88. The van der Waals surface area contributed by atoms with Gasteiger partial charge in [-0.1, -0.05) is 6.92 Å². The summed E-state index contributed by atoms with van der Waals surface area (Å²) >= 11 is 0. The highest BCUT2D eigenvalue weighted by Crippen LogP contribution is 2.16. The number of carbonyl (C=O) groups excluding carboxylic acids is 1. The molecule has 86 valence electrons. The van der Waals surface area contributed by atoms with E-state index in [0.29, 0.717) is 25.6 Å². The lowest BCUT2D eigenvalue weighted by molar-refractivity contribution is -0.126. The Balaban J connectivity index is 1.86. The topological polar surface area (TPSA) is 53.2 Å². The Morgan fingerprint density at radius 3 is 2.53 bits per heavy atom. The van der Waals surface area contributed by atoms with E-state index in [2.05, 4.69) is 16.0 Å². The molecule has 2 unspecified atom stereocenters. The molecule has 0 aromatic heterocycles. The van der Waals surface area contributed by atoms with Crippen molar-refractivity contribution in [1.82, 2.24) is 16.0 Å². The smallest absolute Gasteiger partial charge is 0.225 e. The summed E-state index contributed by atoms with van der Waals surface area (Å²) in [4.78, 5) is 11.8. The molecule has 0 spiro atoms. The minimum atomic E-state index is -0.946. The number of rotatable bonds is 2. The fraction of sp³-hybridized carbons (Fsp3) is 0.900. The van der Waals surface area contributed by atoms with Crippen LogP contribution in [-0.4, -0.2) is 44.3 Å². The van der Waals surface area contributed by atoms with Gasteiger partial charge in [-0.15, -0.1) is 0 Å². The van der Waals surface area contributed by atoms with Gasteiger partial charge in [0.2, 0.25) is 5.91 Å². The zero-order valence-corrected chi connectivity index (χ0v) is 8.92. The van der Waals surface area contributed by atoms with Crippen LogP contribution in [0.25, 0.3) is 0 Å². The third-order valence-electron chi connectivity index (χ3n) is 3.32. The minimum Gasteiger partial charge on any atom is -0.349 e. The van der Waals surface area contributed by atoms with Crippen molar-refractivity contribution in [1.29, 1.82) is 0 Å². The van der Waals surface area contributed by atoms with Crippen molar-refractivity contribution in [2.24, 2.45) is 11.8 Å². The molecule has 2 aliphatic heterocycles. The molecular formula is C10H18FN3O. The van der Waals surface area contributed by atoms with E-state index in [-0.39, 0.29) is 17.9 Å². The monoisotopic (exact) mass is 215 g/mol. The zero-order valence-electron chi connectivity index (χ0n) is 8.92. The third kappa shape index (κ3) is 2.29. The molecule has 2 rings (SSSR count). The van der Waals surface area contributed by atoms with E-state index in [1.807, 2.05) is 6.92 Å². The van der Waals surface area contributed by atoms with Gasteiger partial charge >= 0.3 is 0 Å². The van der Waals surface area contributed by atoms with E-state index in [4.69, 9.17) is 0 Å². The Morgan fingerprint density at radius 2 is 2.00 bits per heavy atom. The number of hydrogen-bond acceptors (Lipinski definition) is 3. The van der Waals surface area contributed by atoms with Crippen LogP contribution in [0.15, 0.2) is 0 Å². The Bertz CT molecular complexity index is 249. The van der Waals surface area contributed by atoms with Crippen LogP contribution in [0.5, 0.6) is 0 Å². The van der Waals surface area contributed by atoms with Gasteiger partial charge in [-0.2, -0.15) is 0 Å². The van der Waals surface area contributed by atoms with Gasteiger partial charge in [0.15, 0.2) is 0 Å². The Morgan fingerprint density at radius 1 is 1.27 bits per heavy atom. The highest BCUT2D eigenvalue weighted by Gasteiger charge is 2.34. The van der Waals surface area contributed by atoms with Crippen LogP contribution in [-0.2, 0) is 4.79 Å². The zero-order chi connectivity index (χ0) is 10.8. The minimum absolute atomic E-state index is 0.00204. The van der Waals surface area contributed by atoms with Crippen molar-refractivity contribution in [2.75, 3.05) is 26.2 Å². The Kier molecular flexibility index (Phi) is 3.21. The van der Waals surface area contributed by atoms with Gasteiger partial charge < -0.3 is 16.0 Å². The molecule has 2 aliphatic rings. The summed E-state index contributed by atoms with van der Waals surface area (Å²) in [5.41, 5.74) is 0. The second-order valence-electron chi connectivity index (χ2n) is 4.53. The van der Waals surface area contributed by atoms with Gasteiger partial charge in [0.25, 0.3) is 0 Å². The van der Waals surface area contributed by atoms with E-state index in [1.54, 1.807) is 0 Å². The van der Waals surface area contributed by atoms with Gasteiger partial charge in [0, 0.05) is 19.6 Å². The van der Waals surface area contributed by atoms with Crippen LogP contribution in [0.3, 0.4) is 0 Å². The summed E-state index contributed by atoms with van der Waals surface area (Å²) in [5.74, 6) is 0.332. The molecule has 0 aliphatic carbocycles. The van der Waals surface area contributed by atoms with Crippen LogP contribution in [0.1, 0.15) is 6.92 Å². The van der Waals surface area contributed by atoms with Crippen molar-refractivity contribution in [3.63, 3.8) is 0 Å². The van der Waals surface area contributed by atoms with E-state index >= 15 is 0 Å². The maximum Gasteiger partial charge on any atom is 0.225 e. The molecule has 2 heterocycles. The molecule has 2 fully saturated rings. The molecule has 0 radical (unpaired) electrons. The van der Waals surface area contributed by atoms with Crippen molar-refractivity contribution in [2.45, 2.75) is 19.1 Å². The normalized spacial score (nSPS) is 40.7. The first kappa shape index (κ1) is 10.8. The molecule has 2 saturated heterocycles. The van der Waals surface area contributed by atoms with Crippen LogP contribution in [0.4, 0.5) is 4.39 Å². The molecule has 0 bridgehead atoms. The van der Waals surface area contributed by atoms with Gasteiger partial charge in [0.1, 0.15) is 6.17 Å². The second kappa shape index (κ2) is 4.45. The van der Waals surface area contributed by atoms with Crippen LogP contribution in [0.2, 0.25) is 0 Å². The van der Waals surface area contributed by atoms with Crippen LogP contribution in [0, 0.1) is 11.8 Å². The fourth-order valence-electron chi connectivity index (χ4n) is 2.24. The van der Waals surface area contributed by atoms with Gasteiger partial charge in [-0.3, -0.25) is 4.79 Å². The lowest BCUT2D eigenvalue weighted by Gasteiger charge is -2.19. The molecule has 15 heavy (non-hydrogen) atoms. The molecule has 4 nitrogen and oxygen atoms in total. The molecule has 0 aromatic carbocycles. The Hall–Kier alpha value is -0.680. The maximum absolute atomic E-state index is 13.2. The predicted octanol–water partition coefficient (Wildman–Crippen LogP) is -0.732. The largest absolute Gasteiger partial charge is 0.349 e. The van der Waals surface area contributed by atoms with E-state index in [0.717, 1.165) is 6.54 Å². The maximum atomic E-state index is 13.2. The summed E-state index contributed by atoms with van der Waals surface area (Å²) in [6.45, 7) is 4.53. The third-order valence-corrected chi connectivity index (χ3v) is 3.32. The summed E-state index contributed by atoms with van der Waals surface area (Å²) in [6.07, 6.45) is -0.946. The molecule has 0 aromatic rings. The lowest BCUT2D eigenvalue weighted by atomic mass is 9.97. The first-order chi connectivity index (χ1) is 7.18. The summed E-state index contributed by atoms with van der Waals surface area (Å²) < 4.78 is 13.2. The molecular weight excluding hydrogens is 197 g/mol. The van der Waals surface area contributed by atoms with Crippen molar-refractivity contribution >= 4 is 5.91 Å². The molecule has 3 N–H and O–H groups in total. The number of halogens is 1. The number of nitrogens with one attached hydrogen (secondary N) is 3. The first-order valence-electron chi connectivity index (χ1n) is 5.54. The van der Waals surface area contributed by atoms with E-state index in [9.17, 15) is 9.18 Å². The Labute approximate surface area is 89.0 Å². The number of carbonyl (C=O) groups is 1. The molecule has 1 amide bonds. The van der Waals surface area contributed by atoms with E-state index in [1.165, 1.54) is 0 Å². The quantitative estimate of drug-likeness (QED) is 0.569. The predicted molar refractivity (Wildman–Crippen MR) is 55.2 cm³/mol. The van der Waals surface area contributed by atoms with Gasteiger partial charge in [0.05, 0.1) is 12.0 Å². The lowest BCUT2D eigenvalue weighted by Crippen LogP contribution is -2.45. The summed E-state index contributed by atoms with van der Waals surface area (Å²) in [6, 6.07) is -0.342. The average Bonchev–Trinajstić information content (AvgIpc) is 2.76. The van der Waals surface area contributed by atoms with Crippen molar-refractivity contribution < 1.29 is 9.18 Å². The molecule has 0 saturated carbocycles. The van der Waals surface area contributed by atoms with Crippen molar-refractivity contribution in [3.8, 4) is 0 Å². The highest BCUT2D eigenvalue weighted by atomic mass is 19.1. The van der Waals surface area contributed by atoms with Crippen LogP contribution >= 0.6 is 0 Å². The average molecular weight is 215 g/mol. The van der Waals surface area contributed by atoms with Gasteiger partial charge in [-0.25, -0.2) is 4.39 Å². The fourth-order valence-corrected chi connectivity index (χ4v) is 2.24. The SMILES string of the molecule is CC1CNCC1C(=O)N[C@H]1CNC[C@H]1F. The van der Waals surface area contributed by atoms with Crippen molar-refractivity contribution in [3.05, 3.63) is 0 Å². The molecule has 4 atom stereocenters. The van der Waals surface area contributed by atoms with E-state index < -0.39 is 6.17 Å². The standard InChI is InChI=1S/C10H18FN3O/c1-6-2-12-3-7(6)10(15)14-9-5-13-4-8(9)11/h6-9,12-13H,2-5H2,1H3,(H,14,15)/t6?,7?,8-,9+/m1/s1. The number of hydrogen-bond donors (Lipinski definition) is 3. The number of alkyl halides is 1. The van der Waals surface area contributed by atoms with Crippen LogP contribution < -0.4 is 16.0 Å². The highest BCUT2D eigenvalue weighted by molar-refractivity contribution is 5.80. The number of amides is 1. The second-order valence-corrected chi connectivity index (χ2v) is 4.53. The molecule has 5 heteroatoms. The summed E-state index contributed by atoms with van der Waals surface area (Å²) in [7, 11) is 0. The van der Waals surface area contributed by atoms with Gasteiger partial charge in [-0.05, 0) is 12.5 Å². The first-order valence-corrected chi connectivity index (χ1v) is 5.54.